The van der Waals surface area contributed by atoms with Gasteiger partial charge in [0, 0.05) is 55.4 Å². The highest BCUT2D eigenvalue weighted by Crippen LogP contribution is 2.39. The van der Waals surface area contributed by atoms with Crippen molar-refractivity contribution in [1.82, 2.24) is 14.8 Å². The van der Waals surface area contributed by atoms with Gasteiger partial charge in [0.2, 0.25) is 11.8 Å². The van der Waals surface area contributed by atoms with Crippen LogP contribution in [0.25, 0.3) is 10.8 Å². The van der Waals surface area contributed by atoms with E-state index in [2.05, 4.69) is 46.5 Å². The van der Waals surface area contributed by atoms with Crippen molar-refractivity contribution in [2.75, 3.05) is 62.7 Å². The lowest BCUT2D eigenvalue weighted by Crippen LogP contribution is -2.49. The molecule has 0 aliphatic carbocycles. The van der Waals surface area contributed by atoms with Crippen molar-refractivity contribution >= 4 is 28.1 Å². The van der Waals surface area contributed by atoms with Gasteiger partial charge in [-0.2, -0.15) is 10.5 Å². The Kier molecular flexibility index (Phi) is 7.69. The lowest BCUT2D eigenvalue weighted by atomic mass is 9.96. The van der Waals surface area contributed by atoms with Crippen molar-refractivity contribution in [1.29, 1.82) is 10.5 Å². The molecule has 2 fully saturated rings. The zero-order chi connectivity index (χ0) is 29.2. The number of piperazine rings is 1. The predicted octanol–water partition coefficient (Wildman–Crippen LogP) is 3.85. The number of rotatable bonds is 6. The summed E-state index contributed by atoms with van der Waals surface area (Å²) < 4.78 is 6.36. The first-order chi connectivity index (χ1) is 20.5. The van der Waals surface area contributed by atoms with Crippen LogP contribution in [0.3, 0.4) is 0 Å². The number of amides is 1. The van der Waals surface area contributed by atoms with Crippen LogP contribution in [0.15, 0.2) is 49.1 Å². The smallest absolute Gasteiger partial charge is 0.246 e. The van der Waals surface area contributed by atoms with Gasteiger partial charge in [0.1, 0.15) is 18.2 Å². The van der Waals surface area contributed by atoms with E-state index in [1.54, 1.807) is 4.90 Å². The van der Waals surface area contributed by atoms with Crippen LogP contribution in [0.4, 0.5) is 11.4 Å². The molecule has 3 aliphatic heterocycles. The Morgan fingerprint density at radius 1 is 1.07 bits per heavy atom. The molecule has 1 aromatic heterocycles. The topological polar surface area (TPSA) is 99.7 Å². The molecular weight excluding hydrogens is 526 g/mol. The molecule has 0 bridgehead atoms. The van der Waals surface area contributed by atoms with Crippen molar-refractivity contribution in [3.63, 3.8) is 0 Å². The Morgan fingerprint density at radius 2 is 1.86 bits per heavy atom. The molecule has 214 valence electrons. The molecule has 42 heavy (non-hydrogen) atoms. The molecule has 9 nitrogen and oxygen atoms in total. The van der Waals surface area contributed by atoms with Gasteiger partial charge in [-0.15, -0.1) is 0 Å². The highest BCUT2D eigenvalue weighted by Gasteiger charge is 2.32. The number of fused-ring (bicyclic) bond motifs is 2. The highest BCUT2D eigenvalue weighted by molar-refractivity contribution is 5.98. The van der Waals surface area contributed by atoms with Gasteiger partial charge >= 0.3 is 0 Å². The number of ether oxygens (including phenoxy) is 1. The minimum absolute atomic E-state index is 0.0703. The van der Waals surface area contributed by atoms with E-state index in [0.29, 0.717) is 68.8 Å². The second-order valence-corrected chi connectivity index (χ2v) is 11.2. The van der Waals surface area contributed by atoms with Crippen LogP contribution in [-0.2, 0) is 17.8 Å². The average molecular weight is 562 g/mol. The van der Waals surface area contributed by atoms with Crippen LogP contribution in [0.5, 0.6) is 5.88 Å². The van der Waals surface area contributed by atoms with Crippen molar-refractivity contribution in [2.24, 2.45) is 0 Å². The lowest BCUT2D eigenvalue weighted by Gasteiger charge is -2.39. The van der Waals surface area contributed by atoms with E-state index < -0.39 is 0 Å². The molecule has 0 unspecified atom stereocenters. The number of carbonyl (C=O) groups is 1. The second-order valence-electron chi connectivity index (χ2n) is 11.2. The quantitative estimate of drug-likeness (QED) is 0.419. The summed E-state index contributed by atoms with van der Waals surface area (Å²) in [7, 11) is 2.11. The Morgan fingerprint density at radius 3 is 2.55 bits per heavy atom. The normalized spacial score (nSPS) is 18.8. The molecule has 6 rings (SSSR count). The van der Waals surface area contributed by atoms with Crippen LogP contribution < -0.4 is 14.5 Å². The largest absolute Gasteiger partial charge is 0.475 e. The molecule has 1 atom stereocenters. The molecule has 0 N–H and O–H groups in total. The van der Waals surface area contributed by atoms with Crippen LogP contribution >= 0.6 is 0 Å². The molecule has 1 amide bonds. The van der Waals surface area contributed by atoms with Crippen molar-refractivity contribution in [3.8, 4) is 18.0 Å². The maximum Gasteiger partial charge on any atom is 0.246 e. The van der Waals surface area contributed by atoms with Gasteiger partial charge in [-0.3, -0.25) is 4.79 Å². The second kappa shape index (κ2) is 11.7. The van der Waals surface area contributed by atoms with Gasteiger partial charge in [-0.25, -0.2) is 4.98 Å². The number of pyridine rings is 1. The van der Waals surface area contributed by atoms with Crippen molar-refractivity contribution < 1.29 is 9.53 Å². The predicted molar refractivity (Wildman–Crippen MR) is 163 cm³/mol. The van der Waals surface area contributed by atoms with Gasteiger partial charge in [0.25, 0.3) is 0 Å². The number of nitriles is 2. The number of benzene rings is 2. The van der Waals surface area contributed by atoms with Gasteiger partial charge < -0.3 is 24.3 Å². The van der Waals surface area contributed by atoms with E-state index in [-0.39, 0.29) is 5.91 Å². The Bertz CT molecular complexity index is 1610. The van der Waals surface area contributed by atoms with Crippen LogP contribution in [-0.4, -0.2) is 79.7 Å². The van der Waals surface area contributed by atoms with Crippen molar-refractivity contribution in [3.05, 3.63) is 71.4 Å². The SMILES string of the molecule is C=CC(=O)N1CCN(c2c(C#N)c(OC[C@@H]3CCCN3C)nc3c2CCN(c2cccc4cccc(C#N)c24)C3)CC1. The number of aromatic nitrogens is 1. The molecule has 0 radical (unpaired) electrons. The van der Waals surface area contributed by atoms with Crippen LogP contribution in [0.1, 0.15) is 35.2 Å². The maximum absolute atomic E-state index is 12.2. The van der Waals surface area contributed by atoms with E-state index in [0.717, 1.165) is 59.3 Å². The van der Waals surface area contributed by atoms with Gasteiger partial charge in [0.15, 0.2) is 0 Å². The minimum atomic E-state index is -0.0703. The minimum Gasteiger partial charge on any atom is -0.475 e. The molecule has 3 aliphatic rings. The Balaban J connectivity index is 1.39. The molecule has 2 saturated heterocycles. The number of hydrogen-bond donors (Lipinski definition) is 0. The zero-order valence-corrected chi connectivity index (χ0v) is 24.1. The van der Waals surface area contributed by atoms with Crippen LogP contribution in [0, 0.1) is 22.7 Å². The Labute approximate surface area is 246 Å². The molecular formula is C33H35N7O2. The van der Waals surface area contributed by atoms with Crippen LogP contribution in [0.2, 0.25) is 0 Å². The van der Waals surface area contributed by atoms with E-state index >= 15 is 0 Å². The molecule has 9 heteroatoms. The molecule has 2 aromatic carbocycles. The summed E-state index contributed by atoms with van der Waals surface area (Å²) in [6.07, 6.45) is 4.26. The fraction of sp³-hybridized carbons (Fsp3) is 0.394. The highest BCUT2D eigenvalue weighted by atomic mass is 16.5. The number of carbonyl (C=O) groups excluding carboxylic acids is 1. The lowest BCUT2D eigenvalue weighted by molar-refractivity contribution is -0.126. The van der Waals surface area contributed by atoms with E-state index in [9.17, 15) is 15.3 Å². The molecule has 0 spiro atoms. The van der Waals surface area contributed by atoms with E-state index in [1.165, 1.54) is 6.08 Å². The van der Waals surface area contributed by atoms with E-state index in [1.807, 2.05) is 30.3 Å². The fourth-order valence-corrected chi connectivity index (χ4v) is 6.62. The number of anilines is 2. The average Bonchev–Trinajstić information content (AvgIpc) is 3.45. The van der Waals surface area contributed by atoms with E-state index in [4.69, 9.17) is 9.72 Å². The standard InChI is InChI=1S/C33H35N7O2/c1-3-30(41)38-15-17-39(18-16-38)32-26-12-14-40(29-11-5-8-23-7-4-9-24(19-34)31(23)29)21-28(26)36-33(27(32)20-35)42-22-25-10-6-13-37(25)2/h3-5,7-9,11,25H,1,6,10,12-18,21-22H2,2H3/t25-/m0/s1. The molecule has 0 saturated carbocycles. The monoisotopic (exact) mass is 561 g/mol. The summed E-state index contributed by atoms with van der Waals surface area (Å²) in [4.78, 5) is 25.9. The maximum atomic E-state index is 12.2. The molecule has 4 heterocycles. The zero-order valence-electron chi connectivity index (χ0n) is 24.1. The van der Waals surface area contributed by atoms with Gasteiger partial charge in [0.05, 0.1) is 29.6 Å². The summed E-state index contributed by atoms with van der Waals surface area (Å²) in [5, 5.41) is 22.3. The number of nitrogens with zero attached hydrogens (tertiary/aromatic N) is 7. The first-order valence-electron chi connectivity index (χ1n) is 14.6. The third-order valence-electron chi connectivity index (χ3n) is 8.92. The van der Waals surface area contributed by atoms with Gasteiger partial charge in [-0.05, 0) is 56.4 Å². The summed E-state index contributed by atoms with van der Waals surface area (Å²) in [5.74, 6) is 0.313. The number of hydrogen-bond acceptors (Lipinski definition) is 8. The summed E-state index contributed by atoms with van der Waals surface area (Å²) in [6, 6.07) is 17.1. The first kappa shape index (κ1) is 27.6. The van der Waals surface area contributed by atoms with Crippen molar-refractivity contribution in [2.45, 2.75) is 31.8 Å². The number of likely N-dealkylation sites (tertiary alicyclic amines) is 1. The summed E-state index contributed by atoms with van der Waals surface area (Å²) >= 11 is 0. The van der Waals surface area contributed by atoms with Gasteiger partial charge in [-0.1, -0.05) is 30.8 Å². The third-order valence-corrected chi connectivity index (χ3v) is 8.92. The summed E-state index contributed by atoms with van der Waals surface area (Å²) in [5.41, 5.74) is 4.98. The fourth-order valence-electron chi connectivity index (χ4n) is 6.62. The number of likely N-dealkylation sites (N-methyl/N-ethyl adjacent to an activating group) is 1. The third kappa shape index (κ3) is 5.01. The Hall–Kier alpha value is -4.60. The first-order valence-corrected chi connectivity index (χ1v) is 14.6. The summed E-state index contributed by atoms with van der Waals surface area (Å²) in [6.45, 7) is 8.80. The molecule has 3 aromatic rings.